The maximum atomic E-state index is 13.5. The van der Waals surface area contributed by atoms with E-state index >= 15 is 0 Å². The Morgan fingerprint density at radius 3 is 2.48 bits per heavy atom. The zero-order valence-electron chi connectivity index (χ0n) is 14.9. The molecule has 5 rings (SSSR count). The van der Waals surface area contributed by atoms with E-state index in [0.717, 1.165) is 30.9 Å². The Labute approximate surface area is 162 Å². The van der Waals surface area contributed by atoms with Crippen LogP contribution in [0.2, 0.25) is 5.02 Å². The van der Waals surface area contributed by atoms with Gasteiger partial charge in [-0.2, -0.15) is 0 Å². The topological polar surface area (TPSA) is 50.3 Å². The summed E-state index contributed by atoms with van der Waals surface area (Å²) in [5.41, 5.74) is 1.14. The van der Waals surface area contributed by atoms with Gasteiger partial charge in [0, 0.05) is 24.7 Å². The van der Waals surface area contributed by atoms with Crippen molar-refractivity contribution < 1.29 is 9.13 Å². The van der Waals surface area contributed by atoms with Gasteiger partial charge in [-0.3, -0.25) is 4.90 Å². The molecule has 2 aliphatic heterocycles. The van der Waals surface area contributed by atoms with Crippen LogP contribution in [0.1, 0.15) is 12.8 Å². The van der Waals surface area contributed by atoms with Crippen LogP contribution < -0.4 is 5.32 Å². The van der Waals surface area contributed by atoms with Crippen molar-refractivity contribution in [2.75, 3.05) is 31.6 Å². The predicted octanol–water partition coefficient (Wildman–Crippen LogP) is 3.46. The number of halogens is 2. The number of benzene rings is 1. The molecule has 0 radical (unpaired) electrons. The van der Waals surface area contributed by atoms with Gasteiger partial charge in [0.25, 0.3) is 0 Å². The van der Waals surface area contributed by atoms with E-state index in [-0.39, 0.29) is 5.82 Å². The number of likely N-dealkylation sites (tertiary alicyclic amines) is 1. The molecular weight excluding hydrogens is 367 g/mol. The van der Waals surface area contributed by atoms with Crippen LogP contribution in [0.25, 0.3) is 11.3 Å². The Hall–Kier alpha value is -1.76. The molecule has 1 aromatic carbocycles. The van der Waals surface area contributed by atoms with Gasteiger partial charge < -0.3 is 10.1 Å². The SMILES string of the molecule is Fc1ccc(Cl)c(-c2ccc(NC3CC4CN(C5COC5)CC4C3)nn2)c1. The first-order valence-electron chi connectivity index (χ1n) is 9.53. The summed E-state index contributed by atoms with van der Waals surface area (Å²) in [5.74, 6) is 1.96. The van der Waals surface area contributed by atoms with E-state index in [9.17, 15) is 4.39 Å². The summed E-state index contributed by atoms with van der Waals surface area (Å²) < 4.78 is 18.8. The molecule has 7 heteroatoms. The molecule has 2 aromatic rings. The third-order valence-corrected chi connectivity index (χ3v) is 6.47. The smallest absolute Gasteiger partial charge is 0.148 e. The maximum Gasteiger partial charge on any atom is 0.148 e. The molecular formula is C20H22ClFN4O. The van der Waals surface area contributed by atoms with Gasteiger partial charge >= 0.3 is 0 Å². The lowest BCUT2D eigenvalue weighted by Gasteiger charge is -2.35. The Balaban J connectivity index is 1.21. The molecule has 142 valence electrons. The van der Waals surface area contributed by atoms with Crippen molar-refractivity contribution in [3.05, 3.63) is 41.2 Å². The Morgan fingerprint density at radius 1 is 1.07 bits per heavy atom. The molecule has 2 atom stereocenters. The summed E-state index contributed by atoms with van der Waals surface area (Å²) >= 11 is 6.15. The first kappa shape index (κ1) is 17.3. The standard InChI is InChI=1S/C20H22ClFN4O/c21-18-2-1-14(22)7-17(18)19-3-4-20(25-24-19)23-15-5-12-8-26(9-13(12)6-15)16-10-27-11-16/h1-4,7,12-13,15-16H,5-6,8-11H2,(H,23,25). The number of aromatic nitrogens is 2. The number of nitrogens with zero attached hydrogens (tertiary/aromatic N) is 3. The molecule has 1 aromatic heterocycles. The Morgan fingerprint density at radius 2 is 1.85 bits per heavy atom. The Kier molecular flexibility index (Phi) is 4.50. The maximum absolute atomic E-state index is 13.5. The minimum absolute atomic E-state index is 0.335. The van der Waals surface area contributed by atoms with Gasteiger partial charge in [0.15, 0.2) is 0 Å². The van der Waals surface area contributed by atoms with E-state index in [1.807, 2.05) is 12.1 Å². The minimum atomic E-state index is -0.335. The van der Waals surface area contributed by atoms with Crippen molar-refractivity contribution in [2.24, 2.45) is 11.8 Å². The first-order valence-corrected chi connectivity index (χ1v) is 9.91. The molecule has 3 aliphatic rings. The third-order valence-electron chi connectivity index (χ3n) is 6.14. The van der Waals surface area contributed by atoms with Crippen LogP contribution in [0, 0.1) is 17.7 Å². The van der Waals surface area contributed by atoms with E-state index in [1.165, 1.54) is 44.1 Å². The van der Waals surface area contributed by atoms with Crippen LogP contribution in [0.4, 0.5) is 10.2 Å². The number of hydrogen-bond donors (Lipinski definition) is 1. The number of ether oxygens (including phenoxy) is 1. The molecule has 1 saturated carbocycles. The van der Waals surface area contributed by atoms with Gasteiger partial charge in [0.05, 0.1) is 30.0 Å². The minimum Gasteiger partial charge on any atom is -0.378 e. The molecule has 0 spiro atoms. The average molecular weight is 389 g/mol. The van der Waals surface area contributed by atoms with Crippen LogP contribution in [0.5, 0.6) is 0 Å². The van der Waals surface area contributed by atoms with E-state index in [0.29, 0.717) is 28.4 Å². The lowest BCUT2D eigenvalue weighted by Crippen LogP contribution is -2.48. The van der Waals surface area contributed by atoms with E-state index in [1.54, 1.807) is 0 Å². The fourth-order valence-electron chi connectivity index (χ4n) is 4.64. The number of fused-ring (bicyclic) bond motifs is 1. The second-order valence-corrected chi connectivity index (χ2v) is 8.31. The average Bonchev–Trinajstić information content (AvgIpc) is 3.14. The highest BCUT2D eigenvalue weighted by atomic mass is 35.5. The number of nitrogens with one attached hydrogen (secondary N) is 1. The molecule has 0 amide bonds. The quantitative estimate of drug-likeness (QED) is 0.869. The molecule has 3 fully saturated rings. The van der Waals surface area contributed by atoms with Crippen LogP contribution in [0.3, 0.4) is 0 Å². The van der Waals surface area contributed by atoms with Gasteiger partial charge in [0.2, 0.25) is 0 Å². The fraction of sp³-hybridized carbons (Fsp3) is 0.500. The molecule has 3 heterocycles. The van der Waals surface area contributed by atoms with Gasteiger partial charge in [-0.05, 0) is 55.0 Å². The number of hydrogen-bond acceptors (Lipinski definition) is 5. The van der Waals surface area contributed by atoms with Crippen molar-refractivity contribution in [3.8, 4) is 11.3 Å². The highest BCUT2D eigenvalue weighted by Crippen LogP contribution is 2.40. The van der Waals surface area contributed by atoms with Gasteiger partial charge in [-0.25, -0.2) is 4.39 Å². The first-order chi connectivity index (χ1) is 13.2. The summed E-state index contributed by atoms with van der Waals surface area (Å²) in [6.07, 6.45) is 2.35. The van der Waals surface area contributed by atoms with Gasteiger partial charge in [-0.1, -0.05) is 11.6 Å². The van der Waals surface area contributed by atoms with Gasteiger partial charge in [0.1, 0.15) is 11.6 Å². The zero-order valence-corrected chi connectivity index (χ0v) is 15.7. The van der Waals surface area contributed by atoms with Crippen LogP contribution in [0.15, 0.2) is 30.3 Å². The number of rotatable bonds is 4. The summed E-state index contributed by atoms with van der Waals surface area (Å²) in [6, 6.07) is 9.09. The molecule has 1 N–H and O–H groups in total. The summed E-state index contributed by atoms with van der Waals surface area (Å²) in [5, 5.41) is 12.5. The van der Waals surface area contributed by atoms with Crippen molar-refractivity contribution in [2.45, 2.75) is 24.9 Å². The summed E-state index contributed by atoms with van der Waals surface area (Å²) in [6.45, 7) is 4.19. The van der Waals surface area contributed by atoms with Crippen LogP contribution >= 0.6 is 11.6 Å². The second-order valence-electron chi connectivity index (χ2n) is 7.91. The molecule has 2 saturated heterocycles. The fourth-order valence-corrected chi connectivity index (χ4v) is 4.86. The molecule has 2 unspecified atom stereocenters. The normalized spacial score (nSPS) is 28.1. The molecule has 5 nitrogen and oxygen atoms in total. The molecule has 27 heavy (non-hydrogen) atoms. The number of anilines is 1. The summed E-state index contributed by atoms with van der Waals surface area (Å²) in [7, 11) is 0. The summed E-state index contributed by atoms with van der Waals surface area (Å²) in [4.78, 5) is 2.60. The predicted molar refractivity (Wildman–Crippen MR) is 102 cm³/mol. The zero-order chi connectivity index (χ0) is 18.4. The van der Waals surface area contributed by atoms with Crippen LogP contribution in [-0.4, -0.2) is 53.5 Å². The van der Waals surface area contributed by atoms with Gasteiger partial charge in [-0.15, -0.1) is 10.2 Å². The van der Waals surface area contributed by atoms with Crippen molar-refractivity contribution in [1.82, 2.24) is 15.1 Å². The van der Waals surface area contributed by atoms with Crippen molar-refractivity contribution in [3.63, 3.8) is 0 Å². The monoisotopic (exact) mass is 388 g/mol. The lowest BCUT2D eigenvalue weighted by molar-refractivity contribution is -0.0594. The highest BCUT2D eigenvalue weighted by Gasteiger charge is 2.43. The third kappa shape index (κ3) is 3.42. The van der Waals surface area contributed by atoms with E-state index < -0.39 is 0 Å². The van der Waals surface area contributed by atoms with Crippen LogP contribution in [-0.2, 0) is 4.74 Å². The largest absolute Gasteiger partial charge is 0.378 e. The van der Waals surface area contributed by atoms with Crippen molar-refractivity contribution in [1.29, 1.82) is 0 Å². The highest BCUT2D eigenvalue weighted by molar-refractivity contribution is 6.33. The van der Waals surface area contributed by atoms with E-state index in [2.05, 4.69) is 20.4 Å². The molecule has 1 aliphatic carbocycles. The molecule has 0 bridgehead atoms. The van der Waals surface area contributed by atoms with E-state index in [4.69, 9.17) is 16.3 Å². The lowest BCUT2D eigenvalue weighted by atomic mass is 10.0. The second kappa shape index (κ2) is 7.00. The Bertz CT molecular complexity index is 815. The van der Waals surface area contributed by atoms with Crippen molar-refractivity contribution >= 4 is 17.4 Å².